The summed E-state index contributed by atoms with van der Waals surface area (Å²) in [7, 11) is 0. The van der Waals surface area contributed by atoms with Crippen molar-refractivity contribution in [3.63, 3.8) is 0 Å². The van der Waals surface area contributed by atoms with Gasteiger partial charge in [0.2, 0.25) is 5.91 Å². The van der Waals surface area contributed by atoms with Gasteiger partial charge >= 0.3 is 0 Å². The number of benzene rings is 1. The standard InChI is InChI=1S/C12H18N2O3/c1-8(2)17-10-5-3-9(4-6-10)14-12(16)11(13)7-15/h3-6,8,11,15H,7,13H2,1-2H3,(H,14,16). The Balaban J connectivity index is 2.59. The maximum atomic E-state index is 11.4. The number of hydrogen-bond acceptors (Lipinski definition) is 4. The third kappa shape index (κ3) is 4.42. The van der Waals surface area contributed by atoms with Gasteiger partial charge in [0.25, 0.3) is 0 Å². The van der Waals surface area contributed by atoms with Gasteiger partial charge in [0.1, 0.15) is 11.8 Å². The molecule has 1 aromatic rings. The van der Waals surface area contributed by atoms with E-state index in [4.69, 9.17) is 15.6 Å². The first-order valence-corrected chi connectivity index (χ1v) is 5.47. The predicted molar refractivity (Wildman–Crippen MR) is 65.9 cm³/mol. The molecule has 1 aromatic carbocycles. The first-order valence-electron chi connectivity index (χ1n) is 5.47. The highest BCUT2D eigenvalue weighted by Gasteiger charge is 2.11. The monoisotopic (exact) mass is 238 g/mol. The molecule has 1 unspecified atom stereocenters. The van der Waals surface area contributed by atoms with E-state index in [9.17, 15) is 4.79 Å². The molecule has 0 aromatic heterocycles. The van der Waals surface area contributed by atoms with E-state index >= 15 is 0 Å². The molecule has 0 radical (unpaired) electrons. The molecule has 5 heteroatoms. The molecular formula is C12H18N2O3. The van der Waals surface area contributed by atoms with Crippen molar-refractivity contribution in [3.05, 3.63) is 24.3 Å². The highest BCUT2D eigenvalue weighted by molar-refractivity contribution is 5.94. The van der Waals surface area contributed by atoms with Crippen LogP contribution in [0.4, 0.5) is 5.69 Å². The lowest BCUT2D eigenvalue weighted by atomic mass is 10.2. The first kappa shape index (κ1) is 13.5. The molecule has 0 heterocycles. The number of amides is 1. The molecule has 0 aliphatic heterocycles. The van der Waals surface area contributed by atoms with Crippen LogP contribution < -0.4 is 15.8 Å². The molecule has 1 atom stereocenters. The maximum absolute atomic E-state index is 11.4. The average Bonchev–Trinajstić information content (AvgIpc) is 2.30. The number of carbonyl (C=O) groups excluding carboxylic acids is 1. The lowest BCUT2D eigenvalue weighted by Gasteiger charge is -2.12. The van der Waals surface area contributed by atoms with E-state index in [1.165, 1.54) is 0 Å². The van der Waals surface area contributed by atoms with Crippen molar-refractivity contribution < 1.29 is 14.6 Å². The molecule has 1 amide bonds. The summed E-state index contributed by atoms with van der Waals surface area (Å²) in [6.45, 7) is 3.51. The van der Waals surface area contributed by atoms with Crippen molar-refractivity contribution in [1.29, 1.82) is 0 Å². The van der Waals surface area contributed by atoms with E-state index in [-0.39, 0.29) is 12.7 Å². The third-order valence-corrected chi connectivity index (χ3v) is 2.03. The number of hydrogen-bond donors (Lipinski definition) is 3. The van der Waals surface area contributed by atoms with Gasteiger partial charge in [-0.25, -0.2) is 0 Å². The summed E-state index contributed by atoms with van der Waals surface area (Å²) in [6.07, 6.45) is 0.109. The van der Waals surface area contributed by atoms with Crippen LogP contribution >= 0.6 is 0 Å². The lowest BCUT2D eigenvalue weighted by Crippen LogP contribution is -2.38. The van der Waals surface area contributed by atoms with Gasteiger partial charge in [-0.15, -0.1) is 0 Å². The zero-order valence-electron chi connectivity index (χ0n) is 10.0. The zero-order chi connectivity index (χ0) is 12.8. The summed E-state index contributed by atoms with van der Waals surface area (Å²) in [5.74, 6) is 0.328. The smallest absolute Gasteiger partial charge is 0.243 e. The molecule has 1 rings (SSSR count). The molecule has 0 saturated carbocycles. The van der Waals surface area contributed by atoms with Crippen LogP contribution in [-0.2, 0) is 4.79 Å². The van der Waals surface area contributed by atoms with Crippen LogP contribution in [0, 0.1) is 0 Å². The summed E-state index contributed by atoms with van der Waals surface area (Å²) in [5, 5.41) is 11.3. The van der Waals surface area contributed by atoms with Crippen LogP contribution in [-0.4, -0.2) is 29.8 Å². The maximum Gasteiger partial charge on any atom is 0.243 e. The topological polar surface area (TPSA) is 84.6 Å². The minimum Gasteiger partial charge on any atom is -0.491 e. The van der Waals surface area contributed by atoms with Crippen molar-refractivity contribution in [2.24, 2.45) is 5.73 Å². The molecule has 0 bridgehead atoms. The molecule has 5 nitrogen and oxygen atoms in total. The Bertz CT molecular complexity index is 363. The van der Waals surface area contributed by atoms with Gasteiger partial charge in [0, 0.05) is 5.69 Å². The quantitative estimate of drug-likeness (QED) is 0.706. The van der Waals surface area contributed by atoms with Gasteiger partial charge in [-0.2, -0.15) is 0 Å². The Morgan fingerprint density at radius 2 is 2.00 bits per heavy atom. The largest absolute Gasteiger partial charge is 0.491 e. The van der Waals surface area contributed by atoms with Crippen LogP contribution in [0.2, 0.25) is 0 Å². The predicted octanol–water partition coefficient (Wildman–Crippen LogP) is 0.732. The summed E-state index contributed by atoms with van der Waals surface area (Å²) >= 11 is 0. The molecule has 0 aliphatic carbocycles. The zero-order valence-corrected chi connectivity index (χ0v) is 10.0. The van der Waals surface area contributed by atoms with Crippen molar-refractivity contribution in [3.8, 4) is 5.75 Å². The minimum atomic E-state index is -0.901. The van der Waals surface area contributed by atoms with Gasteiger partial charge in [-0.3, -0.25) is 4.79 Å². The number of aliphatic hydroxyl groups is 1. The number of aliphatic hydroxyl groups excluding tert-OH is 1. The van der Waals surface area contributed by atoms with Crippen molar-refractivity contribution in [2.45, 2.75) is 26.0 Å². The number of ether oxygens (including phenoxy) is 1. The number of anilines is 1. The van der Waals surface area contributed by atoms with Crippen LogP contribution in [0.25, 0.3) is 0 Å². The van der Waals surface area contributed by atoms with E-state index in [1.807, 2.05) is 13.8 Å². The lowest BCUT2D eigenvalue weighted by molar-refractivity contribution is -0.118. The molecule has 17 heavy (non-hydrogen) atoms. The minimum absolute atomic E-state index is 0.109. The van der Waals surface area contributed by atoms with Crippen molar-refractivity contribution >= 4 is 11.6 Å². The second-order valence-electron chi connectivity index (χ2n) is 3.97. The highest BCUT2D eigenvalue weighted by Crippen LogP contribution is 2.16. The fourth-order valence-electron chi connectivity index (χ4n) is 1.21. The van der Waals surface area contributed by atoms with E-state index in [0.717, 1.165) is 5.75 Å². The molecule has 0 fully saturated rings. The molecule has 94 valence electrons. The van der Waals surface area contributed by atoms with Crippen LogP contribution in [0.15, 0.2) is 24.3 Å². The summed E-state index contributed by atoms with van der Waals surface area (Å²) < 4.78 is 5.47. The summed E-state index contributed by atoms with van der Waals surface area (Å²) in [4.78, 5) is 11.4. The van der Waals surface area contributed by atoms with Crippen molar-refractivity contribution in [2.75, 3.05) is 11.9 Å². The van der Waals surface area contributed by atoms with E-state index in [0.29, 0.717) is 5.69 Å². The van der Waals surface area contributed by atoms with Crippen LogP contribution in [0.3, 0.4) is 0 Å². The molecule has 0 saturated heterocycles. The molecule has 0 aliphatic rings. The van der Waals surface area contributed by atoms with E-state index in [1.54, 1.807) is 24.3 Å². The van der Waals surface area contributed by atoms with Gasteiger partial charge < -0.3 is 20.9 Å². The van der Waals surface area contributed by atoms with Gasteiger partial charge in [0.05, 0.1) is 12.7 Å². The number of carbonyl (C=O) groups is 1. The fourth-order valence-corrected chi connectivity index (χ4v) is 1.21. The van der Waals surface area contributed by atoms with E-state index in [2.05, 4.69) is 5.32 Å². The second-order valence-corrected chi connectivity index (χ2v) is 3.97. The average molecular weight is 238 g/mol. The third-order valence-electron chi connectivity index (χ3n) is 2.03. The fraction of sp³-hybridized carbons (Fsp3) is 0.417. The summed E-state index contributed by atoms with van der Waals surface area (Å²) in [6, 6.07) is 6.07. The Morgan fingerprint density at radius 3 is 2.47 bits per heavy atom. The van der Waals surface area contributed by atoms with Crippen molar-refractivity contribution in [1.82, 2.24) is 0 Å². The van der Waals surface area contributed by atoms with Crippen LogP contribution in [0.5, 0.6) is 5.75 Å². The van der Waals surface area contributed by atoms with Crippen LogP contribution in [0.1, 0.15) is 13.8 Å². The Morgan fingerprint density at radius 1 is 1.41 bits per heavy atom. The highest BCUT2D eigenvalue weighted by atomic mass is 16.5. The number of rotatable bonds is 5. The second kappa shape index (κ2) is 6.22. The molecule has 0 spiro atoms. The summed E-state index contributed by atoms with van der Waals surface area (Å²) in [5.41, 5.74) is 5.99. The normalized spacial score (nSPS) is 12.3. The molecule has 4 N–H and O–H groups in total. The first-order chi connectivity index (χ1) is 8.02. The Hall–Kier alpha value is -1.59. The van der Waals surface area contributed by atoms with Gasteiger partial charge in [-0.1, -0.05) is 0 Å². The SMILES string of the molecule is CC(C)Oc1ccc(NC(=O)C(N)CO)cc1. The molecular weight excluding hydrogens is 220 g/mol. The number of nitrogens with one attached hydrogen (secondary N) is 1. The van der Waals surface area contributed by atoms with E-state index < -0.39 is 11.9 Å². The number of nitrogens with two attached hydrogens (primary N) is 1. The van der Waals surface area contributed by atoms with Gasteiger partial charge in [0.15, 0.2) is 0 Å². The van der Waals surface area contributed by atoms with Gasteiger partial charge in [-0.05, 0) is 38.1 Å². The Labute approximate surface area is 101 Å². The Kier molecular flexibility index (Phi) is 4.93.